The lowest BCUT2D eigenvalue weighted by Gasteiger charge is -2.14. The van der Waals surface area contributed by atoms with Crippen LogP contribution in [0, 0.1) is 40.9 Å². The van der Waals surface area contributed by atoms with E-state index in [-0.39, 0.29) is 16.8 Å². The van der Waals surface area contributed by atoms with Crippen LogP contribution in [0.25, 0.3) is 0 Å². The van der Waals surface area contributed by atoms with Crippen LogP contribution in [0.3, 0.4) is 0 Å². The van der Waals surface area contributed by atoms with Crippen LogP contribution in [0.15, 0.2) is 70.1 Å². The number of anilines is 1. The highest BCUT2D eigenvalue weighted by molar-refractivity contribution is 7.09. The van der Waals surface area contributed by atoms with Crippen LogP contribution in [0.1, 0.15) is 16.0 Å². The fourth-order valence-electron chi connectivity index (χ4n) is 3.03. The van der Waals surface area contributed by atoms with E-state index in [0.717, 1.165) is 17.5 Å². The molecule has 0 atom stereocenters. The highest BCUT2D eigenvalue weighted by Gasteiger charge is 2.11. The van der Waals surface area contributed by atoms with Gasteiger partial charge in [0.05, 0.1) is 13.2 Å². The molecule has 2 heterocycles. The smallest absolute Gasteiger partial charge is 0.254 e. The van der Waals surface area contributed by atoms with Crippen molar-refractivity contribution in [2.75, 3.05) is 11.9 Å². The van der Waals surface area contributed by atoms with Crippen molar-refractivity contribution in [3.8, 4) is 24.0 Å². The third-order valence-electron chi connectivity index (χ3n) is 4.80. The van der Waals surface area contributed by atoms with Crippen molar-refractivity contribution in [2.45, 2.75) is 19.9 Å². The molecule has 8 heteroatoms. The maximum absolute atomic E-state index is 12.6. The van der Waals surface area contributed by atoms with Gasteiger partial charge in [0, 0.05) is 29.2 Å². The maximum Gasteiger partial charge on any atom is 0.254 e. The van der Waals surface area contributed by atoms with Crippen LogP contribution < -0.4 is 15.6 Å². The molecule has 3 aromatic rings. The van der Waals surface area contributed by atoms with Crippen molar-refractivity contribution >= 4 is 17.0 Å². The molecule has 3 rings (SSSR count). The normalized spacial score (nSPS) is 9.81. The van der Waals surface area contributed by atoms with Gasteiger partial charge in [-0.25, -0.2) is 0 Å². The first kappa shape index (κ1) is 22.4. The zero-order valence-electron chi connectivity index (χ0n) is 17.3. The number of nitrogens with zero attached hydrogens (tertiary/aromatic N) is 4. The van der Waals surface area contributed by atoms with Gasteiger partial charge >= 0.3 is 0 Å². The Morgan fingerprint density at radius 1 is 1.12 bits per heavy atom. The van der Waals surface area contributed by atoms with E-state index in [1.54, 1.807) is 52.4 Å². The summed E-state index contributed by atoms with van der Waals surface area (Å²) in [4.78, 5) is 13.8. The second-order valence-corrected chi connectivity index (χ2v) is 7.84. The molecule has 0 aliphatic carbocycles. The number of thiophene rings is 1. The van der Waals surface area contributed by atoms with Crippen molar-refractivity contribution in [2.24, 2.45) is 0 Å². The van der Waals surface area contributed by atoms with Gasteiger partial charge in [0.25, 0.3) is 5.56 Å². The average Bonchev–Trinajstić information content (AvgIpc) is 3.31. The number of allylic oxidation sites excluding steroid dienone is 2. The Kier molecular flexibility index (Phi) is 7.43. The van der Waals surface area contributed by atoms with Gasteiger partial charge in [-0.3, -0.25) is 4.79 Å². The van der Waals surface area contributed by atoms with Crippen LogP contribution in [-0.4, -0.2) is 11.2 Å². The molecule has 0 amide bonds. The molecule has 7 nitrogen and oxygen atoms in total. The molecular formula is C24H19N5O2S. The number of nitrogens with one attached hydrogen (secondary N) is 1. The molecule has 0 aliphatic heterocycles. The fourth-order valence-corrected chi connectivity index (χ4v) is 3.72. The Hall–Kier alpha value is -4.32. The van der Waals surface area contributed by atoms with Crippen LogP contribution in [0.4, 0.5) is 5.69 Å². The lowest BCUT2D eigenvalue weighted by molar-refractivity contribution is 0.321. The first-order valence-corrected chi connectivity index (χ1v) is 10.6. The average molecular weight is 442 g/mol. The molecule has 0 unspecified atom stereocenters. The second kappa shape index (κ2) is 10.6. The summed E-state index contributed by atoms with van der Waals surface area (Å²) in [5.74, 6) is 0.527. The van der Waals surface area contributed by atoms with Crippen molar-refractivity contribution in [1.29, 1.82) is 15.8 Å². The molecule has 0 saturated carbocycles. The molecule has 2 aromatic heterocycles. The largest absolute Gasteiger partial charge is 0.493 e. The second-order valence-electron chi connectivity index (χ2n) is 6.81. The summed E-state index contributed by atoms with van der Waals surface area (Å²) < 4.78 is 7.27. The van der Waals surface area contributed by atoms with Crippen LogP contribution in [0.5, 0.6) is 5.75 Å². The minimum absolute atomic E-state index is 0.114. The summed E-state index contributed by atoms with van der Waals surface area (Å²) >= 11 is 1.67. The minimum Gasteiger partial charge on any atom is -0.493 e. The van der Waals surface area contributed by atoms with Crippen molar-refractivity contribution in [3.63, 3.8) is 0 Å². The van der Waals surface area contributed by atoms with Gasteiger partial charge in [0.1, 0.15) is 29.7 Å². The third-order valence-corrected chi connectivity index (χ3v) is 5.73. The number of hydrogen-bond donors (Lipinski definition) is 1. The molecule has 0 fully saturated rings. The summed E-state index contributed by atoms with van der Waals surface area (Å²) in [5.41, 5.74) is 1.66. The Morgan fingerprint density at radius 2 is 1.94 bits per heavy atom. The molecule has 32 heavy (non-hydrogen) atoms. The molecule has 1 N–H and O–H groups in total. The number of benzene rings is 1. The highest BCUT2D eigenvalue weighted by Crippen LogP contribution is 2.22. The standard InChI is InChI=1S/C24H19N5O2S/c1-17-18(4-2-6-22(17)28-23(15-27)19(13-25)14-26)16-29-9-7-20(12-24(29)30)31-10-8-21-5-3-11-32-21/h2-7,9,11-12,28H,8,10,16H2,1H3. The Bertz CT molecular complexity index is 1300. The zero-order chi connectivity index (χ0) is 22.9. The molecule has 0 aliphatic rings. The van der Waals surface area contributed by atoms with E-state index in [9.17, 15) is 10.1 Å². The van der Waals surface area contributed by atoms with Crippen LogP contribution >= 0.6 is 11.3 Å². The van der Waals surface area contributed by atoms with Gasteiger partial charge in [0.2, 0.25) is 0 Å². The van der Waals surface area contributed by atoms with E-state index >= 15 is 0 Å². The number of ether oxygens (including phenoxy) is 1. The van der Waals surface area contributed by atoms with E-state index in [1.807, 2.05) is 36.6 Å². The summed E-state index contributed by atoms with van der Waals surface area (Å²) in [6.45, 7) is 2.67. The van der Waals surface area contributed by atoms with Crippen molar-refractivity contribution in [3.05, 3.63) is 91.7 Å². The van der Waals surface area contributed by atoms with E-state index in [0.29, 0.717) is 24.6 Å². The molecule has 158 valence electrons. The summed E-state index contributed by atoms with van der Waals surface area (Å²) in [6.07, 6.45) is 2.48. The quantitative estimate of drug-likeness (QED) is 0.526. The minimum atomic E-state index is -0.289. The summed E-state index contributed by atoms with van der Waals surface area (Å²) in [5, 5.41) is 32.2. The predicted molar refractivity (Wildman–Crippen MR) is 122 cm³/mol. The van der Waals surface area contributed by atoms with E-state index in [4.69, 9.17) is 15.3 Å². The van der Waals surface area contributed by atoms with Gasteiger partial charge in [-0.15, -0.1) is 11.3 Å². The fraction of sp³-hybridized carbons (Fsp3) is 0.167. The Labute approximate surface area is 189 Å². The molecule has 0 bridgehead atoms. The first-order valence-electron chi connectivity index (χ1n) is 9.71. The predicted octanol–water partition coefficient (Wildman–Crippen LogP) is 4.12. The van der Waals surface area contributed by atoms with Gasteiger partial charge in [-0.05, 0) is 41.6 Å². The van der Waals surface area contributed by atoms with E-state index < -0.39 is 0 Å². The van der Waals surface area contributed by atoms with Gasteiger partial charge < -0.3 is 14.6 Å². The van der Waals surface area contributed by atoms with E-state index in [1.165, 1.54) is 10.9 Å². The third kappa shape index (κ3) is 5.43. The maximum atomic E-state index is 12.6. The number of pyridine rings is 1. The highest BCUT2D eigenvalue weighted by atomic mass is 32.1. The Morgan fingerprint density at radius 3 is 2.59 bits per heavy atom. The molecule has 0 spiro atoms. The molecule has 0 saturated heterocycles. The number of hydrogen-bond acceptors (Lipinski definition) is 7. The van der Waals surface area contributed by atoms with Crippen LogP contribution in [0.2, 0.25) is 0 Å². The van der Waals surface area contributed by atoms with Gasteiger partial charge in [0.15, 0.2) is 5.57 Å². The lowest BCUT2D eigenvalue weighted by Crippen LogP contribution is -2.20. The van der Waals surface area contributed by atoms with Gasteiger partial charge in [-0.1, -0.05) is 18.2 Å². The summed E-state index contributed by atoms with van der Waals surface area (Å²) in [7, 11) is 0. The van der Waals surface area contributed by atoms with Crippen molar-refractivity contribution in [1.82, 2.24) is 4.57 Å². The van der Waals surface area contributed by atoms with E-state index in [2.05, 4.69) is 5.32 Å². The monoisotopic (exact) mass is 441 g/mol. The van der Waals surface area contributed by atoms with Crippen LogP contribution in [-0.2, 0) is 13.0 Å². The van der Waals surface area contributed by atoms with Crippen molar-refractivity contribution < 1.29 is 4.74 Å². The van der Waals surface area contributed by atoms with Gasteiger partial charge in [-0.2, -0.15) is 15.8 Å². The number of rotatable bonds is 8. The zero-order valence-corrected chi connectivity index (χ0v) is 18.1. The molecule has 0 radical (unpaired) electrons. The molecular weight excluding hydrogens is 422 g/mol. The first-order chi connectivity index (χ1) is 15.5. The topological polar surface area (TPSA) is 115 Å². The number of aromatic nitrogens is 1. The number of nitriles is 3. The summed E-state index contributed by atoms with van der Waals surface area (Å²) in [6, 6.07) is 17.9. The Balaban J connectivity index is 1.73. The molecule has 1 aromatic carbocycles. The SMILES string of the molecule is Cc1c(Cn2ccc(OCCc3cccs3)cc2=O)cccc1NC(C#N)=C(C#N)C#N. The lowest BCUT2D eigenvalue weighted by atomic mass is 10.1.